The predicted octanol–water partition coefficient (Wildman–Crippen LogP) is 5.27. The molecule has 0 spiro atoms. The topological polar surface area (TPSA) is 0 Å². The van der Waals surface area contributed by atoms with Gasteiger partial charge in [-0.1, -0.05) is 85.0 Å². The Hall–Kier alpha value is -2.08. The maximum Gasteiger partial charge on any atom is 0.0187 e. The van der Waals surface area contributed by atoms with Crippen LogP contribution in [0.2, 0.25) is 0 Å². The highest BCUT2D eigenvalue weighted by Crippen LogP contribution is 2.84. The fraction of sp³-hybridized carbons (Fsp3) is 0.333. The molecule has 0 radical (unpaired) electrons. The third-order valence-corrected chi connectivity index (χ3v) is 7.74. The van der Waals surface area contributed by atoms with Crippen molar-refractivity contribution in [2.75, 3.05) is 0 Å². The van der Waals surface area contributed by atoms with E-state index in [4.69, 9.17) is 0 Å². The molecule has 0 aliphatic heterocycles. The second kappa shape index (κ2) is 4.30. The highest BCUT2D eigenvalue weighted by atomic mass is 14.9. The van der Waals surface area contributed by atoms with Crippen molar-refractivity contribution in [3.63, 3.8) is 0 Å². The summed E-state index contributed by atoms with van der Waals surface area (Å²) in [6, 6.07) is 22.9. The fourth-order valence-electron chi connectivity index (χ4n) is 7.37. The lowest BCUT2D eigenvalue weighted by atomic mass is 9.20. The van der Waals surface area contributed by atoms with E-state index >= 15 is 0 Å². The van der Waals surface area contributed by atoms with Gasteiger partial charge in [0, 0.05) is 10.8 Å². The zero-order chi connectivity index (χ0) is 15.8. The Morgan fingerprint density at radius 3 is 1.54 bits per heavy atom. The van der Waals surface area contributed by atoms with Gasteiger partial charge < -0.3 is 0 Å². The third kappa shape index (κ3) is 1.14. The van der Waals surface area contributed by atoms with Crippen LogP contribution in [0.15, 0.2) is 85.0 Å². The molecule has 4 unspecified atom stereocenters. The van der Waals surface area contributed by atoms with Crippen LogP contribution in [0.25, 0.3) is 0 Å². The van der Waals surface area contributed by atoms with E-state index in [0.29, 0.717) is 17.3 Å². The monoisotopic (exact) mass is 310 g/mol. The molecule has 118 valence electrons. The van der Waals surface area contributed by atoms with Crippen LogP contribution in [0.3, 0.4) is 0 Å². The fourth-order valence-corrected chi connectivity index (χ4v) is 7.37. The van der Waals surface area contributed by atoms with Crippen LogP contribution in [-0.4, -0.2) is 0 Å². The first-order chi connectivity index (χ1) is 11.9. The Morgan fingerprint density at radius 1 is 0.583 bits per heavy atom. The highest BCUT2D eigenvalue weighted by molar-refractivity contribution is 5.59. The van der Waals surface area contributed by atoms with Crippen LogP contribution in [-0.2, 0) is 10.8 Å². The predicted molar refractivity (Wildman–Crippen MR) is 97.7 cm³/mol. The van der Waals surface area contributed by atoms with Gasteiger partial charge in [0.25, 0.3) is 0 Å². The SMILES string of the molecule is C1=CC2C(C1)C1(c3ccccc3)C3CC=CC3C21c1ccccc1. The second-order valence-electron chi connectivity index (χ2n) is 8.06. The summed E-state index contributed by atoms with van der Waals surface area (Å²) < 4.78 is 0. The lowest BCUT2D eigenvalue weighted by Crippen LogP contribution is -2.83. The molecule has 2 fully saturated rings. The number of allylic oxidation sites excluding steroid dienone is 4. The van der Waals surface area contributed by atoms with Gasteiger partial charge in [0.15, 0.2) is 0 Å². The summed E-state index contributed by atoms with van der Waals surface area (Å²) in [5.41, 5.74) is 3.77. The first-order valence-electron chi connectivity index (χ1n) is 9.36. The largest absolute Gasteiger partial charge is 0.0879 e. The van der Waals surface area contributed by atoms with E-state index in [1.807, 2.05) is 0 Å². The number of hydrogen-bond donors (Lipinski definition) is 0. The van der Waals surface area contributed by atoms with Gasteiger partial charge in [-0.3, -0.25) is 0 Å². The number of rotatable bonds is 2. The minimum absolute atomic E-state index is 0.283. The average Bonchev–Trinajstić information content (AvgIpc) is 3.26. The van der Waals surface area contributed by atoms with E-state index in [1.54, 1.807) is 11.1 Å². The van der Waals surface area contributed by atoms with Gasteiger partial charge in [0.2, 0.25) is 0 Å². The molecule has 6 rings (SSSR count). The first kappa shape index (κ1) is 13.2. The summed E-state index contributed by atoms with van der Waals surface area (Å²) >= 11 is 0. The van der Waals surface area contributed by atoms with Gasteiger partial charge in [0.05, 0.1) is 0 Å². The van der Waals surface area contributed by atoms with Gasteiger partial charge in [-0.05, 0) is 47.6 Å². The van der Waals surface area contributed by atoms with E-state index in [2.05, 4.69) is 85.0 Å². The number of fused-ring (bicyclic) bond motifs is 7. The molecule has 0 saturated heterocycles. The van der Waals surface area contributed by atoms with Crippen molar-refractivity contribution in [2.45, 2.75) is 23.7 Å². The average molecular weight is 310 g/mol. The molecule has 2 saturated carbocycles. The molecule has 2 aromatic carbocycles. The van der Waals surface area contributed by atoms with Gasteiger partial charge in [-0.2, -0.15) is 0 Å². The summed E-state index contributed by atoms with van der Waals surface area (Å²) in [6.07, 6.45) is 12.5. The molecule has 0 nitrogen and oxygen atoms in total. The number of hydrogen-bond acceptors (Lipinski definition) is 0. The van der Waals surface area contributed by atoms with Crippen molar-refractivity contribution in [2.24, 2.45) is 23.7 Å². The van der Waals surface area contributed by atoms with E-state index in [0.717, 1.165) is 11.8 Å². The van der Waals surface area contributed by atoms with Crippen LogP contribution in [0, 0.1) is 23.7 Å². The molecule has 0 amide bonds. The van der Waals surface area contributed by atoms with Crippen LogP contribution < -0.4 is 0 Å². The Morgan fingerprint density at radius 2 is 1.04 bits per heavy atom. The summed E-state index contributed by atoms with van der Waals surface area (Å²) in [5, 5.41) is 0. The maximum atomic E-state index is 2.54. The molecule has 0 N–H and O–H groups in total. The molecule has 0 heteroatoms. The zero-order valence-electron chi connectivity index (χ0n) is 13.8. The normalized spacial score (nSPS) is 43.5. The minimum atomic E-state index is 0.283. The molecule has 4 atom stereocenters. The summed E-state index contributed by atoms with van der Waals surface area (Å²) in [7, 11) is 0. The lowest BCUT2D eigenvalue weighted by Gasteiger charge is -2.82. The molecular weight excluding hydrogens is 288 g/mol. The summed E-state index contributed by atoms with van der Waals surface area (Å²) in [4.78, 5) is 0. The van der Waals surface area contributed by atoms with Gasteiger partial charge in [-0.25, -0.2) is 0 Å². The van der Waals surface area contributed by atoms with E-state index in [9.17, 15) is 0 Å². The van der Waals surface area contributed by atoms with Crippen molar-refractivity contribution >= 4 is 0 Å². The molecular formula is C24H22. The highest BCUT2D eigenvalue weighted by Gasteiger charge is 2.85. The van der Waals surface area contributed by atoms with Crippen molar-refractivity contribution in [1.29, 1.82) is 0 Å². The van der Waals surface area contributed by atoms with Crippen LogP contribution in [0.1, 0.15) is 24.0 Å². The Balaban J connectivity index is 1.65. The van der Waals surface area contributed by atoms with Crippen molar-refractivity contribution in [3.05, 3.63) is 96.1 Å². The van der Waals surface area contributed by atoms with E-state index < -0.39 is 0 Å². The molecule has 0 bridgehead atoms. The van der Waals surface area contributed by atoms with Crippen molar-refractivity contribution in [3.8, 4) is 0 Å². The molecule has 2 aromatic rings. The third-order valence-electron chi connectivity index (χ3n) is 7.74. The summed E-state index contributed by atoms with van der Waals surface area (Å²) in [5.74, 6) is 3.01. The summed E-state index contributed by atoms with van der Waals surface area (Å²) in [6.45, 7) is 0. The van der Waals surface area contributed by atoms with E-state index in [1.165, 1.54) is 12.8 Å². The van der Waals surface area contributed by atoms with Gasteiger partial charge in [0.1, 0.15) is 0 Å². The van der Waals surface area contributed by atoms with Crippen LogP contribution >= 0.6 is 0 Å². The van der Waals surface area contributed by atoms with Crippen molar-refractivity contribution < 1.29 is 0 Å². The minimum Gasteiger partial charge on any atom is -0.0879 e. The Labute approximate surface area is 143 Å². The molecule has 24 heavy (non-hydrogen) atoms. The quantitative estimate of drug-likeness (QED) is 0.663. The van der Waals surface area contributed by atoms with Crippen LogP contribution in [0.5, 0.6) is 0 Å². The lowest BCUT2D eigenvalue weighted by molar-refractivity contribution is -0.222. The Bertz CT molecular complexity index is 814. The standard InChI is InChI=1S/C24H22/c1-3-9-17(10-4-1)23-19-13-7-15-21(19)24(23,18-11-5-2-6-12-18)22-16-8-14-20(22)23/h1-14,19-22H,15-16H2. The van der Waals surface area contributed by atoms with Crippen LogP contribution in [0.4, 0.5) is 0 Å². The molecule has 4 aliphatic carbocycles. The van der Waals surface area contributed by atoms with E-state index in [-0.39, 0.29) is 5.41 Å². The molecule has 0 aromatic heterocycles. The Kier molecular flexibility index (Phi) is 2.37. The molecule has 0 heterocycles. The maximum absolute atomic E-state index is 2.54. The second-order valence-corrected chi connectivity index (χ2v) is 8.06. The van der Waals surface area contributed by atoms with Gasteiger partial charge in [-0.15, -0.1) is 0 Å². The first-order valence-corrected chi connectivity index (χ1v) is 9.36. The number of benzene rings is 2. The van der Waals surface area contributed by atoms with Gasteiger partial charge >= 0.3 is 0 Å². The molecule has 4 aliphatic rings. The smallest absolute Gasteiger partial charge is 0.0187 e. The zero-order valence-corrected chi connectivity index (χ0v) is 13.8. The van der Waals surface area contributed by atoms with Crippen molar-refractivity contribution in [1.82, 2.24) is 0 Å².